The molecule has 0 unspecified atom stereocenters. The fraction of sp³-hybridized carbons (Fsp3) is 0. The van der Waals surface area contributed by atoms with E-state index in [0.29, 0.717) is 16.3 Å². The lowest BCUT2D eigenvalue weighted by Gasteiger charge is -2.06. The van der Waals surface area contributed by atoms with Crippen LogP contribution in [-0.2, 0) is 0 Å². The van der Waals surface area contributed by atoms with Crippen LogP contribution in [0.1, 0.15) is 10.4 Å². The smallest absolute Gasteiger partial charge is 0.250 e. The number of hydrogen-bond donors (Lipinski definition) is 2. The second-order valence-corrected chi connectivity index (χ2v) is 5.26. The number of nitrogen functional groups attached to an aromatic ring is 1. The normalized spacial score (nSPS) is 10.3. The molecule has 0 atom stereocenters. The summed E-state index contributed by atoms with van der Waals surface area (Å²) < 4.78 is 0. The molecule has 0 aromatic heterocycles. The van der Waals surface area contributed by atoms with E-state index in [9.17, 15) is 4.79 Å². The molecule has 0 radical (unpaired) electrons. The summed E-state index contributed by atoms with van der Waals surface area (Å²) in [5.41, 5.74) is 11.7. The topological polar surface area (TPSA) is 69.1 Å². The van der Waals surface area contributed by atoms with Gasteiger partial charge in [-0.1, -0.05) is 29.4 Å². The SMILES string of the molecule is NC(=O)c1cc(Sc2cccc(Cl)c2)ccc1N. The van der Waals surface area contributed by atoms with Crippen molar-refractivity contribution in [3.05, 3.63) is 53.1 Å². The number of benzene rings is 2. The number of nitrogens with two attached hydrogens (primary N) is 2. The lowest BCUT2D eigenvalue weighted by molar-refractivity contribution is 0.100. The van der Waals surface area contributed by atoms with Crippen LogP contribution in [0.3, 0.4) is 0 Å². The van der Waals surface area contributed by atoms with Gasteiger partial charge in [-0.3, -0.25) is 4.79 Å². The van der Waals surface area contributed by atoms with Crippen LogP contribution in [0.25, 0.3) is 0 Å². The number of carbonyl (C=O) groups excluding carboxylic acids is 1. The number of hydrogen-bond acceptors (Lipinski definition) is 3. The summed E-state index contributed by atoms with van der Waals surface area (Å²) in [6.07, 6.45) is 0. The molecular formula is C13H11ClN2OS. The Morgan fingerprint density at radius 1 is 1.11 bits per heavy atom. The summed E-state index contributed by atoms with van der Waals surface area (Å²) in [5.74, 6) is -0.527. The molecule has 2 aromatic carbocycles. The monoisotopic (exact) mass is 278 g/mol. The fourth-order valence-corrected chi connectivity index (χ4v) is 2.65. The van der Waals surface area contributed by atoms with Crippen LogP contribution in [0, 0.1) is 0 Å². The van der Waals surface area contributed by atoms with Crippen LogP contribution in [0.2, 0.25) is 5.02 Å². The molecular weight excluding hydrogens is 268 g/mol. The van der Waals surface area contributed by atoms with Gasteiger partial charge in [0.05, 0.1) is 5.56 Å². The van der Waals surface area contributed by atoms with E-state index >= 15 is 0 Å². The summed E-state index contributed by atoms with van der Waals surface area (Å²) in [5, 5.41) is 0.672. The van der Waals surface area contributed by atoms with Gasteiger partial charge >= 0.3 is 0 Å². The minimum Gasteiger partial charge on any atom is -0.398 e. The van der Waals surface area contributed by atoms with Crippen LogP contribution in [0.15, 0.2) is 52.3 Å². The summed E-state index contributed by atoms with van der Waals surface area (Å²) in [4.78, 5) is 13.1. The molecule has 2 rings (SSSR count). The minimum absolute atomic E-state index is 0.335. The van der Waals surface area contributed by atoms with Crippen molar-refractivity contribution in [2.75, 3.05) is 5.73 Å². The molecule has 0 spiro atoms. The van der Waals surface area contributed by atoms with E-state index in [1.54, 1.807) is 12.1 Å². The largest absolute Gasteiger partial charge is 0.398 e. The van der Waals surface area contributed by atoms with E-state index in [4.69, 9.17) is 23.1 Å². The average Bonchev–Trinajstić information content (AvgIpc) is 2.31. The molecule has 0 saturated carbocycles. The number of carbonyl (C=O) groups is 1. The highest BCUT2D eigenvalue weighted by Crippen LogP contribution is 2.31. The lowest BCUT2D eigenvalue weighted by atomic mass is 10.2. The predicted molar refractivity (Wildman–Crippen MR) is 74.9 cm³/mol. The van der Waals surface area contributed by atoms with Crippen molar-refractivity contribution in [1.29, 1.82) is 0 Å². The summed E-state index contributed by atoms with van der Waals surface area (Å²) in [7, 11) is 0. The van der Waals surface area contributed by atoms with Gasteiger partial charge in [0, 0.05) is 20.5 Å². The highest BCUT2D eigenvalue weighted by atomic mass is 35.5. The van der Waals surface area contributed by atoms with E-state index in [2.05, 4.69) is 0 Å². The Hall–Kier alpha value is -1.65. The first kappa shape index (κ1) is 12.8. The van der Waals surface area contributed by atoms with Crippen LogP contribution < -0.4 is 11.5 Å². The van der Waals surface area contributed by atoms with Crippen LogP contribution in [0.5, 0.6) is 0 Å². The molecule has 0 aliphatic rings. The molecule has 92 valence electrons. The number of anilines is 1. The van der Waals surface area contributed by atoms with Crippen molar-refractivity contribution in [3.63, 3.8) is 0 Å². The van der Waals surface area contributed by atoms with Crippen molar-refractivity contribution in [3.8, 4) is 0 Å². The van der Waals surface area contributed by atoms with Gasteiger partial charge in [-0.05, 0) is 36.4 Å². The molecule has 4 N–H and O–H groups in total. The molecule has 3 nitrogen and oxygen atoms in total. The Bertz CT molecular complexity index is 601. The van der Waals surface area contributed by atoms with E-state index < -0.39 is 5.91 Å². The van der Waals surface area contributed by atoms with Gasteiger partial charge in [-0.25, -0.2) is 0 Å². The Labute approximate surface area is 114 Å². The molecule has 5 heteroatoms. The minimum atomic E-state index is -0.527. The zero-order chi connectivity index (χ0) is 13.1. The maximum Gasteiger partial charge on any atom is 0.250 e. The second-order valence-electron chi connectivity index (χ2n) is 3.67. The maximum absolute atomic E-state index is 11.2. The third kappa shape index (κ3) is 2.97. The molecule has 0 aliphatic heterocycles. The van der Waals surface area contributed by atoms with Gasteiger partial charge in [-0.2, -0.15) is 0 Å². The lowest BCUT2D eigenvalue weighted by Crippen LogP contribution is -2.13. The van der Waals surface area contributed by atoms with E-state index in [0.717, 1.165) is 9.79 Å². The van der Waals surface area contributed by atoms with Gasteiger partial charge in [0.25, 0.3) is 5.91 Å². The first-order chi connectivity index (χ1) is 8.56. The van der Waals surface area contributed by atoms with Crippen molar-refractivity contribution >= 4 is 35.0 Å². The van der Waals surface area contributed by atoms with Gasteiger partial charge in [0.1, 0.15) is 0 Å². The van der Waals surface area contributed by atoms with Crippen molar-refractivity contribution in [1.82, 2.24) is 0 Å². The number of amides is 1. The van der Waals surface area contributed by atoms with Crippen LogP contribution in [-0.4, -0.2) is 5.91 Å². The van der Waals surface area contributed by atoms with E-state index in [1.807, 2.05) is 30.3 Å². The molecule has 18 heavy (non-hydrogen) atoms. The van der Waals surface area contributed by atoms with E-state index in [1.165, 1.54) is 11.8 Å². The molecule has 0 saturated heterocycles. The number of rotatable bonds is 3. The Morgan fingerprint density at radius 2 is 1.83 bits per heavy atom. The zero-order valence-corrected chi connectivity index (χ0v) is 11.0. The third-order valence-corrected chi connectivity index (χ3v) is 3.54. The summed E-state index contributed by atoms with van der Waals surface area (Å²) >= 11 is 7.40. The Kier molecular flexibility index (Phi) is 3.79. The zero-order valence-electron chi connectivity index (χ0n) is 9.39. The molecule has 0 aliphatic carbocycles. The first-order valence-corrected chi connectivity index (χ1v) is 6.38. The summed E-state index contributed by atoms with van der Waals surface area (Å²) in [6.45, 7) is 0. The van der Waals surface area contributed by atoms with Gasteiger partial charge in [-0.15, -0.1) is 0 Å². The van der Waals surface area contributed by atoms with Crippen molar-refractivity contribution in [2.24, 2.45) is 5.73 Å². The van der Waals surface area contributed by atoms with E-state index in [-0.39, 0.29) is 0 Å². The van der Waals surface area contributed by atoms with Gasteiger partial charge in [0.15, 0.2) is 0 Å². The third-order valence-electron chi connectivity index (χ3n) is 2.32. The number of primary amides is 1. The first-order valence-electron chi connectivity index (χ1n) is 5.19. The maximum atomic E-state index is 11.2. The fourth-order valence-electron chi connectivity index (χ4n) is 1.48. The Morgan fingerprint density at radius 3 is 2.50 bits per heavy atom. The molecule has 0 fully saturated rings. The molecule has 0 bridgehead atoms. The summed E-state index contributed by atoms with van der Waals surface area (Å²) in [6, 6.07) is 12.7. The van der Waals surface area contributed by atoms with Crippen LogP contribution in [0.4, 0.5) is 5.69 Å². The highest BCUT2D eigenvalue weighted by Gasteiger charge is 2.07. The van der Waals surface area contributed by atoms with Gasteiger partial charge < -0.3 is 11.5 Å². The molecule has 1 amide bonds. The average molecular weight is 279 g/mol. The quantitative estimate of drug-likeness (QED) is 0.847. The van der Waals surface area contributed by atoms with Crippen molar-refractivity contribution < 1.29 is 4.79 Å². The Balaban J connectivity index is 2.30. The van der Waals surface area contributed by atoms with Gasteiger partial charge in [0.2, 0.25) is 0 Å². The number of halogens is 1. The standard InChI is InChI=1S/C13H11ClN2OS/c14-8-2-1-3-9(6-8)18-10-4-5-12(15)11(7-10)13(16)17/h1-7H,15H2,(H2,16,17). The van der Waals surface area contributed by atoms with Crippen LogP contribution >= 0.6 is 23.4 Å². The molecule has 2 aromatic rings. The highest BCUT2D eigenvalue weighted by molar-refractivity contribution is 7.99. The predicted octanol–water partition coefficient (Wildman–Crippen LogP) is 3.17. The van der Waals surface area contributed by atoms with Crippen molar-refractivity contribution in [2.45, 2.75) is 9.79 Å². The second kappa shape index (κ2) is 5.33. The molecule has 0 heterocycles.